The molecule has 0 radical (unpaired) electrons. The van der Waals surface area contributed by atoms with E-state index in [1.807, 2.05) is 0 Å². The number of aryl methyl sites for hydroxylation is 1. The fourth-order valence-corrected chi connectivity index (χ4v) is 4.23. The van der Waals surface area contributed by atoms with Crippen LogP contribution in [0.4, 0.5) is 4.39 Å². The van der Waals surface area contributed by atoms with Crippen molar-refractivity contribution in [3.63, 3.8) is 0 Å². The lowest BCUT2D eigenvalue weighted by atomic mass is 9.86. The number of ether oxygens (including phenoxy) is 2. The molecular formula is C21H25FN2O4S. The van der Waals surface area contributed by atoms with Gasteiger partial charge < -0.3 is 14.8 Å². The van der Waals surface area contributed by atoms with Crippen LogP contribution in [0.15, 0.2) is 24.3 Å². The van der Waals surface area contributed by atoms with Crippen LogP contribution in [0.1, 0.15) is 53.0 Å². The van der Waals surface area contributed by atoms with Gasteiger partial charge in [0.1, 0.15) is 28.1 Å². The predicted octanol–water partition coefficient (Wildman–Crippen LogP) is 4.02. The minimum Gasteiger partial charge on any atom is -0.486 e. The van der Waals surface area contributed by atoms with E-state index < -0.39 is 5.97 Å². The van der Waals surface area contributed by atoms with Crippen molar-refractivity contribution in [2.45, 2.75) is 52.2 Å². The van der Waals surface area contributed by atoms with E-state index >= 15 is 0 Å². The lowest BCUT2D eigenvalue weighted by molar-refractivity contribution is -0.125. The predicted molar refractivity (Wildman–Crippen MR) is 107 cm³/mol. The van der Waals surface area contributed by atoms with Gasteiger partial charge in [-0.05, 0) is 49.9 Å². The van der Waals surface area contributed by atoms with E-state index in [9.17, 15) is 14.0 Å². The van der Waals surface area contributed by atoms with Gasteiger partial charge in [-0.15, -0.1) is 11.3 Å². The Kier molecular flexibility index (Phi) is 7.19. The van der Waals surface area contributed by atoms with Gasteiger partial charge in [-0.2, -0.15) is 0 Å². The topological polar surface area (TPSA) is 77.5 Å². The first-order valence-corrected chi connectivity index (χ1v) is 10.5. The third-order valence-corrected chi connectivity index (χ3v) is 6.11. The maximum atomic E-state index is 12.9. The molecule has 1 aliphatic rings. The highest BCUT2D eigenvalue weighted by Crippen LogP contribution is 2.24. The molecule has 1 fully saturated rings. The van der Waals surface area contributed by atoms with Crippen LogP contribution in [-0.4, -0.2) is 29.5 Å². The average Bonchev–Trinajstić information content (AvgIpc) is 3.08. The Morgan fingerprint density at radius 2 is 1.97 bits per heavy atom. The minimum atomic E-state index is -0.570. The number of hydrogen-bond donors (Lipinski definition) is 1. The number of carbonyl (C=O) groups excluding carboxylic acids is 2. The molecule has 6 nitrogen and oxygen atoms in total. The summed E-state index contributed by atoms with van der Waals surface area (Å²) < 4.78 is 23.7. The van der Waals surface area contributed by atoms with E-state index in [-0.39, 0.29) is 31.0 Å². The zero-order valence-electron chi connectivity index (χ0n) is 16.6. The molecule has 0 bridgehead atoms. The summed E-state index contributed by atoms with van der Waals surface area (Å²) in [5, 5.41) is 3.56. The number of nitrogens with one attached hydrogen (secondary N) is 1. The summed E-state index contributed by atoms with van der Waals surface area (Å²) in [5.74, 6) is -0.235. The lowest BCUT2D eigenvalue weighted by Crippen LogP contribution is -2.42. The number of benzene rings is 1. The molecular weight excluding hydrogens is 395 g/mol. The van der Waals surface area contributed by atoms with Crippen molar-refractivity contribution in [3.05, 3.63) is 45.7 Å². The number of esters is 1. The number of rotatable bonds is 7. The number of carbonyl (C=O) groups is 2. The van der Waals surface area contributed by atoms with Gasteiger partial charge in [0.05, 0.1) is 5.69 Å². The molecule has 29 heavy (non-hydrogen) atoms. The van der Waals surface area contributed by atoms with Gasteiger partial charge >= 0.3 is 5.97 Å². The van der Waals surface area contributed by atoms with E-state index in [1.165, 1.54) is 30.7 Å². The Hall–Kier alpha value is -2.48. The van der Waals surface area contributed by atoms with E-state index in [1.54, 1.807) is 6.92 Å². The normalized spacial score (nSPS) is 18.9. The molecule has 1 saturated carbocycles. The minimum absolute atomic E-state index is 0.148. The van der Waals surface area contributed by atoms with Gasteiger partial charge in [-0.1, -0.05) is 19.8 Å². The van der Waals surface area contributed by atoms with Crippen LogP contribution in [-0.2, 0) is 16.1 Å². The highest BCUT2D eigenvalue weighted by Gasteiger charge is 2.24. The molecule has 0 aliphatic heterocycles. The molecule has 0 spiro atoms. The standard InChI is InChI=1S/C21H25FN2O4S/c1-13-5-3-4-6-17(13)24-18(25)11-28-21(26)20-14(2)23-19(29-20)12-27-16-9-7-15(22)8-10-16/h7-10,13,17H,3-6,11-12H2,1-2H3,(H,24,25). The van der Waals surface area contributed by atoms with Crippen molar-refractivity contribution >= 4 is 23.2 Å². The SMILES string of the molecule is Cc1nc(COc2ccc(F)cc2)sc1C(=O)OCC(=O)NC1CCCCC1C. The highest BCUT2D eigenvalue weighted by atomic mass is 32.1. The van der Waals surface area contributed by atoms with Crippen LogP contribution >= 0.6 is 11.3 Å². The number of nitrogens with zero attached hydrogens (tertiary/aromatic N) is 1. The summed E-state index contributed by atoms with van der Waals surface area (Å²) in [6.07, 6.45) is 4.37. The van der Waals surface area contributed by atoms with E-state index in [0.717, 1.165) is 30.6 Å². The molecule has 1 amide bonds. The molecule has 1 heterocycles. The van der Waals surface area contributed by atoms with Crippen molar-refractivity contribution in [2.75, 3.05) is 6.61 Å². The fourth-order valence-electron chi connectivity index (χ4n) is 3.36. The Morgan fingerprint density at radius 1 is 1.24 bits per heavy atom. The van der Waals surface area contributed by atoms with Gasteiger partial charge in [0.2, 0.25) is 0 Å². The average molecular weight is 421 g/mol. The molecule has 1 aromatic carbocycles. The first kappa shape index (κ1) is 21.2. The first-order valence-electron chi connectivity index (χ1n) is 9.73. The monoisotopic (exact) mass is 420 g/mol. The van der Waals surface area contributed by atoms with Crippen LogP contribution in [0.25, 0.3) is 0 Å². The zero-order valence-corrected chi connectivity index (χ0v) is 17.4. The maximum Gasteiger partial charge on any atom is 0.350 e. The number of halogens is 1. The molecule has 1 aromatic heterocycles. The summed E-state index contributed by atoms with van der Waals surface area (Å²) in [5.41, 5.74) is 0.527. The van der Waals surface area contributed by atoms with Crippen LogP contribution in [0, 0.1) is 18.7 Å². The molecule has 1 aliphatic carbocycles. The van der Waals surface area contributed by atoms with Crippen molar-refractivity contribution in [2.24, 2.45) is 5.92 Å². The summed E-state index contributed by atoms with van der Waals surface area (Å²) >= 11 is 1.16. The second-order valence-corrected chi connectivity index (χ2v) is 8.36. The van der Waals surface area contributed by atoms with Crippen LogP contribution < -0.4 is 10.1 Å². The van der Waals surface area contributed by atoms with Crippen molar-refractivity contribution in [1.29, 1.82) is 0 Å². The third kappa shape index (κ3) is 6.00. The van der Waals surface area contributed by atoms with Gasteiger partial charge in [0.15, 0.2) is 6.61 Å². The molecule has 8 heteroatoms. The quantitative estimate of drug-likeness (QED) is 0.685. The van der Waals surface area contributed by atoms with Crippen LogP contribution in [0.5, 0.6) is 5.75 Å². The van der Waals surface area contributed by atoms with E-state index in [4.69, 9.17) is 9.47 Å². The van der Waals surface area contributed by atoms with Gasteiger partial charge in [-0.3, -0.25) is 4.79 Å². The second-order valence-electron chi connectivity index (χ2n) is 7.28. The smallest absolute Gasteiger partial charge is 0.350 e. The largest absolute Gasteiger partial charge is 0.486 e. The van der Waals surface area contributed by atoms with Crippen LogP contribution in [0.2, 0.25) is 0 Å². The molecule has 3 rings (SSSR count). The summed E-state index contributed by atoms with van der Waals surface area (Å²) in [6, 6.07) is 5.82. The number of amides is 1. The Balaban J connectivity index is 1.49. The van der Waals surface area contributed by atoms with Crippen molar-refractivity contribution in [3.8, 4) is 5.75 Å². The summed E-state index contributed by atoms with van der Waals surface area (Å²) in [4.78, 5) is 29.1. The maximum absolute atomic E-state index is 12.9. The molecule has 156 valence electrons. The Morgan fingerprint density at radius 3 is 2.69 bits per heavy atom. The molecule has 1 N–H and O–H groups in total. The fraction of sp³-hybridized carbons (Fsp3) is 0.476. The number of hydrogen-bond acceptors (Lipinski definition) is 6. The molecule has 2 aromatic rings. The first-order chi connectivity index (χ1) is 13.9. The van der Waals surface area contributed by atoms with E-state index in [2.05, 4.69) is 17.2 Å². The zero-order chi connectivity index (χ0) is 20.8. The number of aromatic nitrogens is 1. The summed E-state index contributed by atoms with van der Waals surface area (Å²) in [7, 11) is 0. The van der Waals surface area contributed by atoms with Crippen LogP contribution in [0.3, 0.4) is 0 Å². The second kappa shape index (κ2) is 9.82. The Bertz CT molecular complexity index is 853. The van der Waals surface area contributed by atoms with E-state index in [0.29, 0.717) is 27.2 Å². The van der Waals surface area contributed by atoms with Crippen molar-refractivity contribution < 1.29 is 23.5 Å². The lowest BCUT2D eigenvalue weighted by Gasteiger charge is -2.29. The highest BCUT2D eigenvalue weighted by molar-refractivity contribution is 7.13. The Labute approximate surface area is 173 Å². The third-order valence-electron chi connectivity index (χ3n) is 4.99. The van der Waals surface area contributed by atoms with Gasteiger partial charge in [0.25, 0.3) is 5.91 Å². The van der Waals surface area contributed by atoms with Crippen molar-refractivity contribution in [1.82, 2.24) is 10.3 Å². The van der Waals surface area contributed by atoms with Gasteiger partial charge in [0, 0.05) is 6.04 Å². The molecule has 0 saturated heterocycles. The summed E-state index contributed by atoms with van der Waals surface area (Å²) in [6.45, 7) is 3.69. The molecule has 2 unspecified atom stereocenters. The van der Waals surface area contributed by atoms with Gasteiger partial charge in [-0.25, -0.2) is 14.2 Å². The molecule has 2 atom stereocenters. The number of thiazole rings is 1.